The van der Waals surface area contributed by atoms with Crippen molar-refractivity contribution in [1.29, 1.82) is 0 Å². The summed E-state index contributed by atoms with van der Waals surface area (Å²) in [7, 11) is 4.02. The van der Waals surface area contributed by atoms with Crippen LogP contribution in [0.3, 0.4) is 0 Å². The summed E-state index contributed by atoms with van der Waals surface area (Å²) in [4.78, 5) is 7.81. The fourth-order valence-corrected chi connectivity index (χ4v) is 3.62. The number of aromatic nitrogens is 3. The SMILES string of the molecule is CCc1nc(N(C)C)sc1-c1nnc(NC(C)C)s1. The van der Waals surface area contributed by atoms with Crippen LogP contribution in [0.5, 0.6) is 0 Å². The molecular formula is C12H19N5S2. The van der Waals surface area contributed by atoms with Crippen LogP contribution in [-0.4, -0.2) is 35.3 Å². The number of thiazole rings is 1. The van der Waals surface area contributed by atoms with E-state index in [1.165, 1.54) is 0 Å². The second-order valence-electron chi connectivity index (χ2n) is 4.73. The summed E-state index contributed by atoms with van der Waals surface area (Å²) in [5, 5.41) is 14.6. The number of hydrogen-bond acceptors (Lipinski definition) is 7. The quantitative estimate of drug-likeness (QED) is 0.919. The van der Waals surface area contributed by atoms with Crippen molar-refractivity contribution >= 4 is 32.9 Å². The van der Waals surface area contributed by atoms with Crippen LogP contribution in [0.15, 0.2) is 0 Å². The Balaban J connectivity index is 2.32. The third-order valence-electron chi connectivity index (χ3n) is 2.43. The largest absolute Gasteiger partial charge is 0.358 e. The zero-order chi connectivity index (χ0) is 14.0. The van der Waals surface area contributed by atoms with Gasteiger partial charge in [0.05, 0.1) is 10.6 Å². The molecule has 0 aromatic carbocycles. The molecule has 0 aliphatic heterocycles. The van der Waals surface area contributed by atoms with Crippen LogP contribution in [0.25, 0.3) is 9.88 Å². The Hall–Kier alpha value is -1.21. The molecule has 0 radical (unpaired) electrons. The van der Waals surface area contributed by atoms with Crippen LogP contribution < -0.4 is 10.2 Å². The van der Waals surface area contributed by atoms with Crippen molar-refractivity contribution in [2.45, 2.75) is 33.2 Å². The molecule has 0 saturated heterocycles. The summed E-state index contributed by atoms with van der Waals surface area (Å²) in [5.41, 5.74) is 1.10. The van der Waals surface area contributed by atoms with Crippen LogP contribution in [-0.2, 0) is 6.42 Å². The molecule has 0 unspecified atom stereocenters. The lowest BCUT2D eigenvalue weighted by Gasteiger charge is -2.05. The Morgan fingerprint density at radius 3 is 2.53 bits per heavy atom. The van der Waals surface area contributed by atoms with Gasteiger partial charge in [0.2, 0.25) is 5.13 Å². The maximum absolute atomic E-state index is 4.64. The molecule has 104 valence electrons. The van der Waals surface area contributed by atoms with E-state index >= 15 is 0 Å². The number of anilines is 2. The fraction of sp³-hybridized carbons (Fsp3) is 0.583. The van der Waals surface area contributed by atoms with Crippen LogP contribution in [0, 0.1) is 0 Å². The topological polar surface area (TPSA) is 53.9 Å². The standard InChI is InChI=1S/C12H19N5S2/c1-6-8-9(18-12(14-8)17(4)5)10-15-16-11(19-10)13-7(2)3/h7H,6H2,1-5H3,(H,13,16). The Morgan fingerprint density at radius 1 is 1.21 bits per heavy atom. The predicted molar refractivity (Wildman–Crippen MR) is 83.5 cm³/mol. The zero-order valence-electron chi connectivity index (χ0n) is 11.9. The van der Waals surface area contributed by atoms with Gasteiger partial charge in [0.15, 0.2) is 10.1 Å². The fourth-order valence-electron chi connectivity index (χ4n) is 1.56. The van der Waals surface area contributed by atoms with E-state index in [-0.39, 0.29) is 0 Å². The van der Waals surface area contributed by atoms with Gasteiger partial charge in [-0.15, -0.1) is 10.2 Å². The third-order valence-corrected chi connectivity index (χ3v) is 4.71. The second-order valence-corrected chi connectivity index (χ2v) is 6.69. The third kappa shape index (κ3) is 3.22. The molecule has 0 atom stereocenters. The molecule has 1 N–H and O–H groups in total. The second kappa shape index (κ2) is 5.83. The Bertz CT molecular complexity index is 544. The van der Waals surface area contributed by atoms with Crippen molar-refractivity contribution in [2.24, 2.45) is 0 Å². The van der Waals surface area contributed by atoms with Gasteiger partial charge in [-0.05, 0) is 20.3 Å². The van der Waals surface area contributed by atoms with E-state index in [4.69, 9.17) is 0 Å². The highest BCUT2D eigenvalue weighted by atomic mass is 32.1. The van der Waals surface area contributed by atoms with Crippen molar-refractivity contribution in [3.8, 4) is 9.88 Å². The smallest absolute Gasteiger partial charge is 0.206 e. The van der Waals surface area contributed by atoms with Crippen molar-refractivity contribution in [3.63, 3.8) is 0 Å². The van der Waals surface area contributed by atoms with E-state index in [1.807, 2.05) is 19.0 Å². The summed E-state index contributed by atoms with van der Waals surface area (Å²) in [5.74, 6) is 0. The predicted octanol–water partition coefficient (Wildman–Crippen LogP) is 3.11. The highest BCUT2D eigenvalue weighted by molar-refractivity contribution is 7.25. The lowest BCUT2D eigenvalue weighted by Crippen LogP contribution is -2.08. The van der Waals surface area contributed by atoms with Crippen LogP contribution in [0.4, 0.5) is 10.3 Å². The van der Waals surface area contributed by atoms with Gasteiger partial charge in [-0.1, -0.05) is 29.6 Å². The maximum Gasteiger partial charge on any atom is 0.206 e. The molecule has 2 aromatic heterocycles. The Morgan fingerprint density at radius 2 is 1.95 bits per heavy atom. The average molecular weight is 297 g/mol. The molecule has 2 heterocycles. The van der Waals surface area contributed by atoms with Gasteiger partial charge in [-0.25, -0.2) is 4.98 Å². The number of nitrogens with one attached hydrogen (secondary N) is 1. The summed E-state index contributed by atoms with van der Waals surface area (Å²) in [6.45, 7) is 6.30. The van der Waals surface area contributed by atoms with Crippen molar-refractivity contribution in [2.75, 3.05) is 24.3 Å². The van der Waals surface area contributed by atoms with Crippen LogP contribution in [0.2, 0.25) is 0 Å². The molecule has 2 rings (SSSR count). The van der Waals surface area contributed by atoms with Gasteiger partial charge in [-0.2, -0.15) is 0 Å². The van der Waals surface area contributed by atoms with Crippen LogP contribution >= 0.6 is 22.7 Å². The summed E-state index contributed by atoms with van der Waals surface area (Å²) in [6.07, 6.45) is 0.909. The van der Waals surface area contributed by atoms with Gasteiger partial charge >= 0.3 is 0 Å². The highest BCUT2D eigenvalue weighted by Gasteiger charge is 2.17. The molecule has 0 bridgehead atoms. The highest BCUT2D eigenvalue weighted by Crippen LogP contribution is 2.37. The molecular weight excluding hydrogens is 278 g/mol. The first-order valence-corrected chi connectivity index (χ1v) is 7.92. The maximum atomic E-state index is 4.64. The van der Waals surface area contributed by atoms with Crippen LogP contribution in [0.1, 0.15) is 26.5 Å². The van der Waals surface area contributed by atoms with Gasteiger partial charge in [-0.3, -0.25) is 0 Å². The monoisotopic (exact) mass is 297 g/mol. The van der Waals surface area contributed by atoms with Gasteiger partial charge in [0.1, 0.15) is 0 Å². The van der Waals surface area contributed by atoms with E-state index in [1.54, 1.807) is 22.7 Å². The van der Waals surface area contributed by atoms with E-state index in [0.29, 0.717) is 6.04 Å². The Kier molecular flexibility index (Phi) is 4.36. The first kappa shape index (κ1) is 14.2. The van der Waals surface area contributed by atoms with Crippen molar-refractivity contribution < 1.29 is 0 Å². The minimum Gasteiger partial charge on any atom is -0.358 e. The summed E-state index contributed by atoms with van der Waals surface area (Å²) >= 11 is 3.26. The Labute approximate surface area is 121 Å². The molecule has 0 amide bonds. The first-order chi connectivity index (χ1) is 9.01. The molecule has 5 nitrogen and oxygen atoms in total. The minimum absolute atomic E-state index is 0.366. The molecule has 7 heteroatoms. The van der Waals surface area contributed by atoms with E-state index in [0.717, 1.165) is 32.3 Å². The van der Waals surface area contributed by atoms with Gasteiger partial charge in [0, 0.05) is 20.1 Å². The molecule has 19 heavy (non-hydrogen) atoms. The number of rotatable bonds is 5. The van der Waals surface area contributed by atoms with Gasteiger partial charge < -0.3 is 10.2 Å². The van der Waals surface area contributed by atoms with Crippen molar-refractivity contribution in [1.82, 2.24) is 15.2 Å². The van der Waals surface area contributed by atoms with E-state index in [9.17, 15) is 0 Å². The number of aryl methyl sites for hydroxylation is 1. The molecule has 0 fully saturated rings. The first-order valence-electron chi connectivity index (χ1n) is 6.28. The van der Waals surface area contributed by atoms with Crippen molar-refractivity contribution in [3.05, 3.63) is 5.69 Å². The molecule has 0 saturated carbocycles. The summed E-state index contributed by atoms with van der Waals surface area (Å²) in [6, 6.07) is 0.366. The van der Waals surface area contributed by atoms with Gasteiger partial charge in [0.25, 0.3) is 0 Å². The molecule has 2 aromatic rings. The average Bonchev–Trinajstić information content (AvgIpc) is 2.93. The minimum atomic E-state index is 0.366. The van der Waals surface area contributed by atoms with E-state index < -0.39 is 0 Å². The van der Waals surface area contributed by atoms with E-state index in [2.05, 4.69) is 41.3 Å². The molecule has 0 aliphatic rings. The number of nitrogens with zero attached hydrogens (tertiary/aromatic N) is 4. The summed E-state index contributed by atoms with van der Waals surface area (Å²) < 4.78 is 0. The molecule has 0 spiro atoms. The lowest BCUT2D eigenvalue weighted by molar-refractivity contribution is 0.888. The number of hydrogen-bond donors (Lipinski definition) is 1. The lowest BCUT2D eigenvalue weighted by atomic mass is 10.3. The zero-order valence-corrected chi connectivity index (χ0v) is 13.5. The normalized spacial score (nSPS) is 11.1. The molecule has 0 aliphatic carbocycles.